The van der Waals surface area contributed by atoms with Gasteiger partial charge in [-0.3, -0.25) is 0 Å². The lowest BCUT2D eigenvalue weighted by molar-refractivity contribution is 0.0640. The molecule has 1 spiro atoms. The van der Waals surface area contributed by atoms with Crippen molar-refractivity contribution in [1.82, 2.24) is 4.90 Å². The number of halogens is 2. The van der Waals surface area contributed by atoms with Gasteiger partial charge in [0.05, 0.1) is 0 Å². The molecule has 3 saturated carbocycles. The van der Waals surface area contributed by atoms with Crippen molar-refractivity contribution in [1.29, 1.82) is 0 Å². The average Bonchev–Trinajstić information content (AvgIpc) is 3.26. The number of rotatable bonds is 5. The van der Waals surface area contributed by atoms with Gasteiger partial charge in [-0.05, 0) is 75.1 Å². The van der Waals surface area contributed by atoms with Gasteiger partial charge in [0.15, 0.2) is 0 Å². The first-order valence-corrected chi connectivity index (χ1v) is 10.7. The van der Waals surface area contributed by atoms with Crippen molar-refractivity contribution < 1.29 is 4.39 Å². The van der Waals surface area contributed by atoms with Gasteiger partial charge in [-0.1, -0.05) is 35.2 Å². The summed E-state index contributed by atoms with van der Waals surface area (Å²) in [6.07, 6.45) is 9.44. The van der Waals surface area contributed by atoms with E-state index in [-0.39, 0.29) is 5.82 Å². The monoisotopic (exact) mass is 408 g/mol. The van der Waals surface area contributed by atoms with E-state index >= 15 is 4.39 Å². The summed E-state index contributed by atoms with van der Waals surface area (Å²) >= 11 is 3.70. The summed E-state index contributed by atoms with van der Waals surface area (Å²) in [4.78, 5) is 2.13. The number of hydrogen-bond acceptors (Lipinski definition) is 2. The van der Waals surface area contributed by atoms with Gasteiger partial charge in [0, 0.05) is 28.8 Å². The second-order valence-corrected chi connectivity index (χ2v) is 9.57. The highest BCUT2D eigenvalue weighted by Crippen LogP contribution is 2.78. The Balaban J connectivity index is 1.51. The van der Waals surface area contributed by atoms with E-state index in [0.29, 0.717) is 11.3 Å². The molecule has 1 aromatic rings. The molecular weight excluding hydrogens is 379 g/mol. The molecule has 3 aliphatic rings. The molecule has 4 atom stereocenters. The van der Waals surface area contributed by atoms with Crippen molar-refractivity contribution >= 4 is 21.6 Å². The van der Waals surface area contributed by atoms with Crippen molar-refractivity contribution in [3.05, 3.63) is 28.0 Å². The molecule has 3 aliphatic carbocycles. The van der Waals surface area contributed by atoms with Crippen LogP contribution in [-0.2, 0) is 0 Å². The first kappa shape index (κ1) is 17.8. The highest BCUT2D eigenvalue weighted by molar-refractivity contribution is 9.10. The summed E-state index contributed by atoms with van der Waals surface area (Å²) in [6, 6.07) is 3.79. The SMILES string of the molecule is CN(C)CCNc1cc(F)c(C2CC3CCCCCC4CC342)c(Br)c1. The maximum atomic E-state index is 15.0. The zero-order valence-corrected chi connectivity index (χ0v) is 17.0. The predicted octanol–water partition coefficient (Wildman–Crippen LogP) is 5.64. The first-order chi connectivity index (χ1) is 12.0. The lowest BCUT2D eigenvalue weighted by Crippen LogP contribution is -2.39. The highest BCUT2D eigenvalue weighted by atomic mass is 79.9. The highest BCUT2D eigenvalue weighted by Gasteiger charge is 2.69. The van der Waals surface area contributed by atoms with Gasteiger partial charge in [-0.25, -0.2) is 4.39 Å². The molecule has 2 nitrogen and oxygen atoms in total. The van der Waals surface area contributed by atoms with Crippen LogP contribution in [-0.4, -0.2) is 32.1 Å². The van der Waals surface area contributed by atoms with Gasteiger partial charge in [0.2, 0.25) is 0 Å². The molecule has 25 heavy (non-hydrogen) atoms. The molecule has 1 aromatic carbocycles. The minimum Gasteiger partial charge on any atom is -0.384 e. The van der Waals surface area contributed by atoms with Crippen LogP contribution in [0.15, 0.2) is 16.6 Å². The van der Waals surface area contributed by atoms with Crippen molar-refractivity contribution in [3.8, 4) is 0 Å². The Bertz CT molecular complexity index is 624. The summed E-state index contributed by atoms with van der Waals surface area (Å²) in [5.74, 6) is 2.13. The van der Waals surface area contributed by atoms with Crippen molar-refractivity contribution in [3.63, 3.8) is 0 Å². The molecule has 0 amide bonds. The lowest BCUT2D eigenvalue weighted by atomic mass is 9.55. The molecule has 4 rings (SSSR count). The van der Waals surface area contributed by atoms with Crippen LogP contribution in [0.2, 0.25) is 0 Å². The summed E-state index contributed by atoms with van der Waals surface area (Å²) in [7, 11) is 4.10. The van der Waals surface area contributed by atoms with Crippen molar-refractivity contribution in [2.75, 3.05) is 32.5 Å². The topological polar surface area (TPSA) is 15.3 Å². The zero-order chi connectivity index (χ0) is 17.6. The smallest absolute Gasteiger partial charge is 0.129 e. The number of benzene rings is 1. The average molecular weight is 409 g/mol. The molecular formula is C21H30BrFN2. The summed E-state index contributed by atoms with van der Waals surface area (Å²) in [5, 5.41) is 3.34. The minimum absolute atomic E-state index is 0.0211. The fraction of sp³-hybridized carbons (Fsp3) is 0.714. The van der Waals surface area contributed by atoms with Crippen LogP contribution in [0.3, 0.4) is 0 Å². The van der Waals surface area contributed by atoms with E-state index in [2.05, 4.69) is 46.3 Å². The van der Waals surface area contributed by atoms with E-state index in [1.54, 1.807) is 6.07 Å². The van der Waals surface area contributed by atoms with E-state index in [1.165, 1.54) is 44.9 Å². The predicted molar refractivity (Wildman–Crippen MR) is 106 cm³/mol. The Labute approximate surface area is 159 Å². The number of likely N-dealkylation sites (N-methyl/N-ethyl adjacent to an activating group) is 1. The second kappa shape index (κ2) is 6.84. The molecule has 0 saturated heterocycles. The van der Waals surface area contributed by atoms with Gasteiger partial charge in [0.25, 0.3) is 0 Å². The first-order valence-electron chi connectivity index (χ1n) is 9.90. The molecule has 4 unspecified atom stereocenters. The number of nitrogens with one attached hydrogen (secondary N) is 1. The molecule has 4 heteroatoms. The number of anilines is 1. The quantitative estimate of drug-likeness (QED) is 0.678. The largest absolute Gasteiger partial charge is 0.384 e. The fourth-order valence-corrected chi connectivity index (χ4v) is 6.40. The third-order valence-electron chi connectivity index (χ3n) is 7.05. The van der Waals surface area contributed by atoms with Crippen LogP contribution >= 0.6 is 15.9 Å². The Morgan fingerprint density at radius 2 is 1.96 bits per heavy atom. The zero-order valence-electron chi connectivity index (χ0n) is 15.5. The number of nitrogens with zero attached hydrogens (tertiary/aromatic N) is 1. The molecule has 0 aromatic heterocycles. The molecule has 0 radical (unpaired) electrons. The standard InChI is InChI=1S/C21H30BrFN2/c1-25(2)9-8-24-16-11-18(22)20(19(23)12-16)17-10-14-6-4-3-5-7-15-13-21(14,15)17/h11-12,14-15,17,24H,3-10,13H2,1-2H3. The van der Waals surface area contributed by atoms with E-state index < -0.39 is 0 Å². The maximum absolute atomic E-state index is 15.0. The van der Waals surface area contributed by atoms with Crippen LogP contribution in [0, 0.1) is 23.1 Å². The molecule has 0 aliphatic heterocycles. The van der Waals surface area contributed by atoms with Gasteiger partial charge < -0.3 is 10.2 Å². The van der Waals surface area contributed by atoms with E-state index in [9.17, 15) is 0 Å². The maximum Gasteiger partial charge on any atom is 0.129 e. The van der Waals surface area contributed by atoms with Crippen LogP contribution in [0.4, 0.5) is 10.1 Å². The molecule has 1 N–H and O–H groups in total. The summed E-state index contributed by atoms with van der Waals surface area (Å²) < 4.78 is 16.0. The van der Waals surface area contributed by atoms with Crippen molar-refractivity contribution in [2.24, 2.45) is 17.3 Å². The summed E-state index contributed by atoms with van der Waals surface area (Å²) in [5.41, 5.74) is 2.29. The Kier molecular flexibility index (Phi) is 4.87. The lowest BCUT2D eigenvalue weighted by Gasteiger charge is -2.49. The van der Waals surface area contributed by atoms with E-state index in [4.69, 9.17) is 0 Å². The fourth-order valence-electron chi connectivity index (χ4n) is 5.69. The molecule has 138 valence electrons. The van der Waals surface area contributed by atoms with Crippen LogP contribution < -0.4 is 5.32 Å². The van der Waals surface area contributed by atoms with Gasteiger partial charge in [-0.2, -0.15) is 0 Å². The Morgan fingerprint density at radius 3 is 2.68 bits per heavy atom. The van der Waals surface area contributed by atoms with Crippen LogP contribution in [0.25, 0.3) is 0 Å². The van der Waals surface area contributed by atoms with Gasteiger partial charge in [-0.15, -0.1) is 0 Å². The van der Waals surface area contributed by atoms with Gasteiger partial charge >= 0.3 is 0 Å². The van der Waals surface area contributed by atoms with Crippen molar-refractivity contribution in [2.45, 2.75) is 50.9 Å². The van der Waals surface area contributed by atoms with Crippen LogP contribution in [0.5, 0.6) is 0 Å². The third kappa shape index (κ3) is 3.14. The third-order valence-corrected chi connectivity index (χ3v) is 7.71. The minimum atomic E-state index is -0.0211. The van der Waals surface area contributed by atoms with E-state index in [0.717, 1.165) is 40.6 Å². The molecule has 0 heterocycles. The Morgan fingerprint density at radius 1 is 1.20 bits per heavy atom. The van der Waals surface area contributed by atoms with Crippen LogP contribution in [0.1, 0.15) is 56.4 Å². The van der Waals surface area contributed by atoms with Gasteiger partial charge in [0.1, 0.15) is 5.82 Å². The molecule has 3 fully saturated rings. The summed E-state index contributed by atoms with van der Waals surface area (Å²) in [6.45, 7) is 1.77. The number of hydrogen-bond donors (Lipinski definition) is 1. The normalized spacial score (nSPS) is 33.7. The second-order valence-electron chi connectivity index (χ2n) is 8.72. The Hall–Kier alpha value is -0.610. The van der Waals surface area contributed by atoms with E-state index in [1.807, 2.05) is 0 Å². The molecule has 0 bridgehead atoms.